The molecule has 1 fully saturated rings. The summed E-state index contributed by atoms with van der Waals surface area (Å²) < 4.78 is 5.18. The van der Waals surface area contributed by atoms with Gasteiger partial charge in [0.05, 0.1) is 16.1 Å². The number of aryl methyl sites for hydroxylation is 1. The van der Waals surface area contributed by atoms with Crippen molar-refractivity contribution < 1.29 is 14.0 Å². The molecule has 3 aromatic rings. The number of rotatable bonds is 3. The molecule has 1 aromatic carbocycles. The first kappa shape index (κ1) is 17.5. The van der Waals surface area contributed by atoms with Gasteiger partial charge in [0, 0.05) is 26.2 Å². The summed E-state index contributed by atoms with van der Waals surface area (Å²) in [7, 11) is 0. The summed E-state index contributed by atoms with van der Waals surface area (Å²) in [6.45, 7) is 3.84. The molecule has 0 bridgehead atoms. The fourth-order valence-electron chi connectivity index (χ4n) is 3.18. The smallest absolute Gasteiger partial charge is 0.289 e. The molecule has 1 saturated heterocycles. The van der Waals surface area contributed by atoms with Crippen molar-refractivity contribution in [2.45, 2.75) is 6.92 Å². The second kappa shape index (κ2) is 7.36. The van der Waals surface area contributed by atoms with Crippen LogP contribution in [-0.2, 0) is 0 Å². The Labute approximate surface area is 161 Å². The summed E-state index contributed by atoms with van der Waals surface area (Å²) >= 11 is 1.53. The van der Waals surface area contributed by atoms with Crippen LogP contribution in [0.25, 0.3) is 10.4 Å². The predicted molar refractivity (Wildman–Crippen MR) is 103 cm³/mol. The lowest BCUT2D eigenvalue weighted by molar-refractivity contribution is 0.0516. The molecule has 6 nitrogen and oxygen atoms in total. The molecule has 2 amide bonds. The van der Waals surface area contributed by atoms with Crippen LogP contribution < -0.4 is 0 Å². The Hall–Kier alpha value is -2.93. The van der Waals surface area contributed by atoms with Crippen LogP contribution in [0.5, 0.6) is 0 Å². The zero-order valence-corrected chi connectivity index (χ0v) is 15.7. The van der Waals surface area contributed by atoms with Gasteiger partial charge in [-0.2, -0.15) is 0 Å². The Morgan fingerprint density at radius 2 is 1.63 bits per heavy atom. The molecule has 2 aromatic heterocycles. The highest BCUT2D eigenvalue weighted by Crippen LogP contribution is 2.31. The average molecular weight is 381 g/mol. The van der Waals surface area contributed by atoms with Gasteiger partial charge in [-0.15, -0.1) is 11.3 Å². The molecule has 7 heteroatoms. The summed E-state index contributed by atoms with van der Waals surface area (Å²) in [5.74, 6) is 0.112. The normalized spacial score (nSPS) is 14.4. The molecular formula is C20H19N3O3S. The molecule has 0 aliphatic carbocycles. The molecule has 0 saturated carbocycles. The van der Waals surface area contributed by atoms with Crippen molar-refractivity contribution in [3.63, 3.8) is 0 Å². The van der Waals surface area contributed by atoms with Gasteiger partial charge in [-0.05, 0) is 24.6 Å². The minimum atomic E-state index is -0.137. The molecular weight excluding hydrogens is 362 g/mol. The van der Waals surface area contributed by atoms with E-state index in [1.54, 1.807) is 21.9 Å². The number of piperazine rings is 1. The molecule has 4 rings (SSSR count). The number of amides is 2. The third kappa shape index (κ3) is 3.50. The Bertz CT molecular complexity index is 942. The van der Waals surface area contributed by atoms with Gasteiger partial charge < -0.3 is 14.2 Å². The fraction of sp³-hybridized carbons (Fsp3) is 0.250. The topological polar surface area (TPSA) is 66.7 Å². The van der Waals surface area contributed by atoms with Crippen molar-refractivity contribution >= 4 is 23.2 Å². The summed E-state index contributed by atoms with van der Waals surface area (Å²) in [5.41, 5.74) is 1.49. The van der Waals surface area contributed by atoms with Gasteiger partial charge in [0.2, 0.25) is 0 Å². The van der Waals surface area contributed by atoms with Crippen LogP contribution in [-0.4, -0.2) is 52.8 Å². The highest BCUT2D eigenvalue weighted by atomic mass is 32.1. The largest absolute Gasteiger partial charge is 0.459 e. The van der Waals surface area contributed by atoms with E-state index in [1.807, 2.05) is 37.3 Å². The standard InChI is InChI=1S/C20H19N3O3S/c1-14-21-17(18(27-14)15-6-3-2-4-7-15)20(25)23-11-9-22(10-12-23)19(24)16-8-5-13-26-16/h2-8,13H,9-12H2,1H3. The van der Waals surface area contributed by atoms with Crippen LogP contribution in [0.15, 0.2) is 53.1 Å². The third-order valence-corrected chi connectivity index (χ3v) is 5.58. The highest BCUT2D eigenvalue weighted by molar-refractivity contribution is 7.15. The Morgan fingerprint density at radius 1 is 0.963 bits per heavy atom. The van der Waals surface area contributed by atoms with Crippen LogP contribution in [0.1, 0.15) is 26.1 Å². The van der Waals surface area contributed by atoms with Gasteiger partial charge in [-0.25, -0.2) is 4.98 Å². The van der Waals surface area contributed by atoms with E-state index in [9.17, 15) is 9.59 Å². The number of hydrogen-bond acceptors (Lipinski definition) is 5. The average Bonchev–Trinajstić information content (AvgIpc) is 3.37. The number of benzene rings is 1. The first-order chi connectivity index (χ1) is 13.1. The van der Waals surface area contributed by atoms with E-state index in [0.29, 0.717) is 37.6 Å². The van der Waals surface area contributed by atoms with Crippen molar-refractivity contribution in [2.24, 2.45) is 0 Å². The molecule has 1 aliphatic heterocycles. The monoisotopic (exact) mass is 381 g/mol. The summed E-state index contributed by atoms with van der Waals surface area (Å²) in [5, 5.41) is 0.865. The molecule has 0 N–H and O–H groups in total. The SMILES string of the molecule is Cc1nc(C(=O)N2CCN(C(=O)c3ccco3)CC2)c(-c2ccccc2)s1. The lowest BCUT2D eigenvalue weighted by Crippen LogP contribution is -2.50. The number of hydrogen-bond donors (Lipinski definition) is 0. The molecule has 0 atom stereocenters. The van der Waals surface area contributed by atoms with Crippen LogP contribution in [0, 0.1) is 6.92 Å². The second-order valence-corrected chi connectivity index (χ2v) is 7.54. The maximum atomic E-state index is 13.1. The second-order valence-electron chi connectivity index (χ2n) is 6.34. The van der Waals surface area contributed by atoms with Crippen LogP contribution >= 0.6 is 11.3 Å². The van der Waals surface area contributed by atoms with E-state index in [4.69, 9.17) is 4.42 Å². The Balaban J connectivity index is 1.48. The molecule has 3 heterocycles. The van der Waals surface area contributed by atoms with E-state index < -0.39 is 0 Å². The zero-order valence-electron chi connectivity index (χ0n) is 14.9. The minimum absolute atomic E-state index is 0.0803. The third-order valence-electron chi connectivity index (χ3n) is 4.56. The van der Waals surface area contributed by atoms with Gasteiger partial charge in [0.1, 0.15) is 5.69 Å². The van der Waals surface area contributed by atoms with Gasteiger partial charge in [0.25, 0.3) is 11.8 Å². The van der Waals surface area contributed by atoms with Crippen molar-refractivity contribution in [1.29, 1.82) is 0 Å². The van der Waals surface area contributed by atoms with E-state index in [2.05, 4.69) is 4.98 Å². The molecule has 1 aliphatic rings. The first-order valence-corrected chi connectivity index (χ1v) is 9.60. The number of carbonyl (C=O) groups excluding carboxylic acids is 2. The predicted octanol–water partition coefficient (Wildman–Crippen LogP) is 3.31. The quantitative estimate of drug-likeness (QED) is 0.698. The van der Waals surface area contributed by atoms with Crippen LogP contribution in [0.4, 0.5) is 0 Å². The lowest BCUT2D eigenvalue weighted by atomic mass is 10.1. The van der Waals surface area contributed by atoms with Gasteiger partial charge in [-0.1, -0.05) is 30.3 Å². The van der Waals surface area contributed by atoms with E-state index in [-0.39, 0.29) is 11.8 Å². The Morgan fingerprint density at radius 3 is 2.26 bits per heavy atom. The van der Waals surface area contributed by atoms with Crippen LogP contribution in [0.3, 0.4) is 0 Å². The van der Waals surface area contributed by atoms with E-state index in [1.165, 1.54) is 17.6 Å². The number of thiazole rings is 1. The van der Waals surface area contributed by atoms with Crippen molar-refractivity contribution in [1.82, 2.24) is 14.8 Å². The van der Waals surface area contributed by atoms with Crippen molar-refractivity contribution in [3.8, 4) is 10.4 Å². The lowest BCUT2D eigenvalue weighted by Gasteiger charge is -2.34. The number of aromatic nitrogens is 1. The first-order valence-electron chi connectivity index (χ1n) is 8.78. The highest BCUT2D eigenvalue weighted by Gasteiger charge is 2.29. The zero-order chi connectivity index (χ0) is 18.8. The number of furan rings is 1. The number of nitrogens with zero attached hydrogens (tertiary/aromatic N) is 3. The van der Waals surface area contributed by atoms with Gasteiger partial charge >= 0.3 is 0 Å². The minimum Gasteiger partial charge on any atom is -0.459 e. The van der Waals surface area contributed by atoms with Crippen LogP contribution in [0.2, 0.25) is 0 Å². The molecule has 0 spiro atoms. The van der Waals surface area contributed by atoms with E-state index in [0.717, 1.165) is 15.4 Å². The summed E-state index contributed by atoms with van der Waals surface area (Å²) in [6, 6.07) is 13.2. The van der Waals surface area contributed by atoms with E-state index >= 15 is 0 Å². The molecule has 27 heavy (non-hydrogen) atoms. The molecule has 138 valence electrons. The van der Waals surface area contributed by atoms with Crippen molar-refractivity contribution in [3.05, 3.63) is 65.2 Å². The number of carbonyl (C=O) groups is 2. The maximum absolute atomic E-state index is 13.1. The molecule has 0 unspecified atom stereocenters. The molecule has 0 radical (unpaired) electrons. The van der Waals surface area contributed by atoms with Gasteiger partial charge in [0.15, 0.2) is 5.76 Å². The van der Waals surface area contributed by atoms with Gasteiger partial charge in [-0.3, -0.25) is 9.59 Å². The summed E-state index contributed by atoms with van der Waals surface area (Å²) in [6.07, 6.45) is 1.49. The fourth-order valence-corrected chi connectivity index (χ4v) is 4.09. The summed E-state index contributed by atoms with van der Waals surface area (Å²) in [4.78, 5) is 34.3. The maximum Gasteiger partial charge on any atom is 0.289 e. The van der Waals surface area contributed by atoms with Crippen molar-refractivity contribution in [2.75, 3.05) is 26.2 Å². The Kier molecular flexibility index (Phi) is 4.77.